The van der Waals surface area contributed by atoms with Crippen molar-refractivity contribution in [3.63, 3.8) is 0 Å². The third kappa shape index (κ3) is 4.06. The number of para-hydroxylation sites is 1. The summed E-state index contributed by atoms with van der Waals surface area (Å²) in [5.41, 5.74) is 2.77. The van der Waals surface area contributed by atoms with Crippen molar-refractivity contribution in [2.45, 2.75) is 26.3 Å². The lowest BCUT2D eigenvalue weighted by molar-refractivity contribution is -0.115. The number of halogens is 1. The third-order valence-corrected chi connectivity index (χ3v) is 4.28. The van der Waals surface area contributed by atoms with Crippen LogP contribution < -0.4 is 10.6 Å². The normalized spacial score (nSPS) is 10.9. The Bertz CT molecular complexity index is 963. The quantitative estimate of drug-likeness (QED) is 0.632. The molecule has 0 spiro atoms. The Hall–Kier alpha value is -2.79. The van der Waals surface area contributed by atoms with E-state index in [1.54, 1.807) is 18.2 Å². The molecule has 2 amide bonds. The largest absolute Gasteiger partial charge is 0.361 e. The Morgan fingerprint density at radius 1 is 1.15 bits per heavy atom. The maximum Gasteiger partial charge on any atom is 0.251 e. The van der Waals surface area contributed by atoms with E-state index in [2.05, 4.69) is 15.6 Å². The summed E-state index contributed by atoms with van der Waals surface area (Å²) in [7, 11) is 0. The molecule has 3 rings (SSSR count). The van der Waals surface area contributed by atoms with Gasteiger partial charge in [0.15, 0.2) is 0 Å². The second-order valence-electron chi connectivity index (χ2n) is 6.41. The molecule has 1 aromatic heterocycles. The van der Waals surface area contributed by atoms with Crippen molar-refractivity contribution in [1.82, 2.24) is 10.3 Å². The fourth-order valence-electron chi connectivity index (χ4n) is 2.75. The number of aromatic amines is 1. The van der Waals surface area contributed by atoms with Crippen LogP contribution in [-0.4, -0.2) is 22.8 Å². The average molecular weight is 370 g/mol. The molecule has 1 heterocycles. The Morgan fingerprint density at radius 3 is 2.69 bits per heavy atom. The van der Waals surface area contributed by atoms with E-state index in [4.69, 9.17) is 11.6 Å². The Morgan fingerprint density at radius 2 is 1.92 bits per heavy atom. The van der Waals surface area contributed by atoms with Crippen LogP contribution in [0.3, 0.4) is 0 Å². The molecule has 3 N–H and O–H groups in total. The summed E-state index contributed by atoms with van der Waals surface area (Å²) in [6.45, 7) is 3.77. The highest BCUT2D eigenvalue weighted by Gasteiger charge is 2.13. The van der Waals surface area contributed by atoms with Gasteiger partial charge in [0.2, 0.25) is 5.91 Å². The second kappa shape index (κ2) is 7.62. The van der Waals surface area contributed by atoms with E-state index < -0.39 is 0 Å². The van der Waals surface area contributed by atoms with Gasteiger partial charge in [-0.05, 0) is 43.7 Å². The molecule has 5 nitrogen and oxygen atoms in total. The highest BCUT2D eigenvalue weighted by atomic mass is 35.5. The zero-order valence-electron chi connectivity index (χ0n) is 14.6. The number of carbonyl (C=O) groups is 2. The van der Waals surface area contributed by atoms with Gasteiger partial charge in [0, 0.05) is 28.7 Å². The van der Waals surface area contributed by atoms with Crippen molar-refractivity contribution in [1.29, 1.82) is 0 Å². The minimum atomic E-state index is -0.205. The number of fused-ring (bicyclic) bond motifs is 1. The van der Waals surface area contributed by atoms with Gasteiger partial charge in [-0.3, -0.25) is 9.59 Å². The number of nitrogens with one attached hydrogen (secondary N) is 3. The van der Waals surface area contributed by atoms with E-state index in [1.807, 2.05) is 44.3 Å². The third-order valence-electron chi connectivity index (χ3n) is 3.95. The summed E-state index contributed by atoms with van der Waals surface area (Å²) < 4.78 is 0. The van der Waals surface area contributed by atoms with Gasteiger partial charge in [-0.2, -0.15) is 0 Å². The van der Waals surface area contributed by atoms with E-state index >= 15 is 0 Å². The molecule has 0 unspecified atom stereocenters. The molecule has 0 aliphatic carbocycles. The maximum atomic E-state index is 12.5. The summed E-state index contributed by atoms with van der Waals surface area (Å²) in [5, 5.41) is 7.01. The van der Waals surface area contributed by atoms with E-state index in [9.17, 15) is 9.59 Å². The number of aromatic nitrogens is 1. The molecule has 6 heteroatoms. The highest BCUT2D eigenvalue weighted by Crippen LogP contribution is 2.24. The number of amides is 2. The number of hydrogen-bond acceptors (Lipinski definition) is 2. The summed E-state index contributed by atoms with van der Waals surface area (Å²) in [5.74, 6) is -0.401. The predicted molar refractivity (Wildman–Crippen MR) is 105 cm³/mol. The van der Waals surface area contributed by atoms with Crippen molar-refractivity contribution < 1.29 is 9.59 Å². The Labute approximate surface area is 156 Å². The molecular weight excluding hydrogens is 350 g/mol. The van der Waals surface area contributed by atoms with Gasteiger partial charge in [-0.25, -0.2) is 0 Å². The van der Waals surface area contributed by atoms with Gasteiger partial charge in [0.05, 0.1) is 17.1 Å². The van der Waals surface area contributed by atoms with Crippen LogP contribution in [0, 0.1) is 0 Å². The van der Waals surface area contributed by atoms with Gasteiger partial charge in [0.25, 0.3) is 5.91 Å². The first-order chi connectivity index (χ1) is 12.4. The minimum Gasteiger partial charge on any atom is -0.361 e. The number of H-pyrrole nitrogens is 1. The van der Waals surface area contributed by atoms with Gasteiger partial charge < -0.3 is 15.6 Å². The summed E-state index contributed by atoms with van der Waals surface area (Å²) in [4.78, 5) is 27.7. The maximum absolute atomic E-state index is 12.5. The van der Waals surface area contributed by atoms with E-state index in [0.717, 1.165) is 16.5 Å². The van der Waals surface area contributed by atoms with Crippen LogP contribution >= 0.6 is 11.6 Å². The molecule has 0 bridgehead atoms. The molecule has 2 aromatic carbocycles. The van der Waals surface area contributed by atoms with Gasteiger partial charge in [-0.1, -0.05) is 29.8 Å². The molecule has 0 radical (unpaired) electrons. The summed E-state index contributed by atoms with van der Waals surface area (Å²) in [6.07, 6.45) is 2.04. The van der Waals surface area contributed by atoms with Crippen molar-refractivity contribution in [2.75, 3.05) is 5.32 Å². The molecule has 0 aliphatic heterocycles. The van der Waals surface area contributed by atoms with Crippen LogP contribution in [-0.2, 0) is 11.2 Å². The molecular formula is C20H20ClN3O2. The smallest absolute Gasteiger partial charge is 0.251 e. The Balaban J connectivity index is 1.75. The fraction of sp³-hybridized carbons (Fsp3) is 0.200. The lowest BCUT2D eigenvalue weighted by atomic mass is 10.1. The lowest BCUT2D eigenvalue weighted by Gasteiger charge is -2.11. The SMILES string of the molecule is CC(C)NC(=O)c1ccc(Cl)c(NC(=O)Cc2c[nH]c3ccccc23)c1. The molecule has 0 aliphatic rings. The van der Waals surface area contributed by atoms with Gasteiger partial charge >= 0.3 is 0 Å². The van der Waals surface area contributed by atoms with Crippen LogP contribution in [0.1, 0.15) is 29.8 Å². The molecule has 134 valence electrons. The molecule has 26 heavy (non-hydrogen) atoms. The fourth-order valence-corrected chi connectivity index (χ4v) is 2.92. The molecule has 0 fully saturated rings. The average Bonchev–Trinajstić information content (AvgIpc) is 2.99. The van der Waals surface area contributed by atoms with Crippen molar-refractivity contribution in [3.8, 4) is 0 Å². The highest BCUT2D eigenvalue weighted by molar-refractivity contribution is 6.34. The predicted octanol–water partition coefficient (Wildman–Crippen LogP) is 4.14. The first-order valence-corrected chi connectivity index (χ1v) is 8.77. The van der Waals surface area contributed by atoms with Crippen LogP contribution in [0.15, 0.2) is 48.7 Å². The number of rotatable bonds is 5. The van der Waals surface area contributed by atoms with Gasteiger partial charge in [-0.15, -0.1) is 0 Å². The van der Waals surface area contributed by atoms with Crippen molar-refractivity contribution in [2.24, 2.45) is 0 Å². The first-order valence-electron chi connectivity index (χ1n) is 8.39. The number of benzene rings is 2. The molecule has 0 atom stereocenters. The minimum absolute atomic E-state index is 0.0260. The van der Waals surface area contributed by atoms with E-state index in [0.29, 0.717) is 16.3 Å². The number of hydrogen-bond donors (Lipinski definition) is 3. The van der Waals surface area contributed by atoms with E-state index in [1.165, 1.54) is 0 Å². The summed E-state index contributed by atoms with van der Waals surface area (Å²) >= 11 is 6.18. The first kappa shape index (κ1) is 18.0. The Kier molecular flexibility index (Phi) is 5.28. The van der Waals surface area contributed by atoms with Crippen LogP contribution in [0.2, 0.25) is 5.02 Å². The van der Waals surface area contributed by atoms with Crippen LogP contribution in [0.5, 0.6) is 0 Å². The summed E-state index contributed by atoms with van der Waals surface area (Å²) in [6, 6.07) is 12.7. The standard InChI is InChI=1S/C20H20ClN3O2/c1-12(2)23-20(26)13-7-8-16(21)18(9-13)24-19(25)10-14-11-22-17-6-4-3-5-15(14)17/h3-9,11-12,22H,10H2,1-2H3,(H,23,26)(H,24,25). The van der Waals surface area contributed by atoms with Crippen LogP contribution in [0.25, 0.3) is 10.9 Å². The lowest BCUT2D eigenvalue weighted by Crippen LogP contribution is -2.30. The second-order valence-corrected chi connectivity index (χ2v) is 6.81. The molecule has 0 saturated carbocycles. The van der Waals surface area contributed by atoms with Gasteiger partial charge in [0.1, 0.15) is 0 Å². The molecule has 0 saturated heterocycles. The topological polar surface area (TPSA) is 74.0 Å². The van der Waals surface area contributed by atoms with E-state index in [-0.39, 0.29) is 24.3 Å². The number of anilines is 1. The van der Waals surface area contributed by atoms with Crippen molar-refractivity contribution in [3.05, 3.63) is 64.8 Å². The monoisotopic (exact) mass is 369 g/mol. The van der Waals surface area contributed by atoms with Crippen LogP contribution in [0.4, 0.5) is 5.69 Å². The van der Waals surface area contributed by atoms with Crippen molar-refractivity contribution >= 4 is 40.0 Å². The molecule has 3 aromatic rings. The number of carbonyl (C=O) groups excluding carboxylic acids is 2. The zero-order valence-corrected chi connectivity index (χ0v) is 15.4. The zero-order chi connectivity index (χ0) is 18.7.